The summed E-state index contributed by atoms with van der Waals surface area (Å²) in [5.74, 6) is 0.425. The molecule has 2 aliphatic rings. The third-order valence-electron chi connectivity index (χ3n) is 6.45. The van der Waals surface area contributed by atoms with E-state index < -0.39 is 6.04 Å². The van der Waals surface area contributed by atoms with E-state index in [1.54, 1.807) is 29.2 Å². The third kappa shape index (κ3) is 3.65. The van der Waals surface area contributed by atoms with Crippen LogP contribution in [0.25, 0.3) is 22.2 Å². The minimum Gasteiger partial charge on any atom is -0.733 e. The van der Waals surface area contributed by atoms with Gasteiger partial charge in [-0.25, -0.2) is 5.01 Å². The summed E-state index contributed by atoms with van der Waals surface area (Å²) in [5.41, 5.74) is 3.68. The summed E-state index contributed by atoms with van der Waals surface area (Å²) < 4.78 is 5.76. The summed E-state index contributed by atoms with van der Waals surface area (Å²) in [6.07, 6.45) is 1.82. The molecule has 1 unspecified atom stereocenters. The number of H-pyrrole nitrogens is 1. The van der Waals surface area contributed by atoms with Gasteiger partial charge in [-0.1, -0.05) is 30.3 Å². The molecule has 0 radical (unpaired) electrons. The Balaban J connectivity index is 1.22. The molecule has 0 saturated carbocycles. The fourth-order valence-corrected chi connectivity index (χ4v) is 4.74. The minimum absolute atomic E-state index is 0.0712. The van der Waals surface area contributed by atoms with Gasteiger partial charge in [0.25, 0.3) is 5.91 Å². The van der Waals surface area contributed by atoms with Crippen molar-refractivity contribution >= 4 is 34.6 Å². The molecule has 2 N–H and O–H groups in total. The van der Waals surface area contributed by atoms with Crippen LogP contribution in [0.3, 0.4) is 0 Å². The van der Waals surface area contributed by atoms with E-state index in [9.17, 15) is 14.8 Å². The maximum absolute atomic E-state index is 13.2. The molecular weight excluding hydrogens is 450 g/mol. The van der Waals surface area contributed by atoms with Crippen molar-refractivity contribution in [2.24, 2.45) is 5.10 Å². The normalized spacial score (nSPS) is 17.8. The third-order valence-corrected chi connectivity index (χ3v) is 6.45. The van der Waals surface area contributed by atoms with Crippen molar-refractivity contribution in [2.75, 3.05) is 11.8 Å². The Morgan fingerprint density at radius 3 is 2.83 bits per heavy atom. The van der Waals surface area contributed by atoms with Crippen molar-refractivity contribution in [1.29, 1.82) is 0 Å². The van der Waals surface area contributed by atoms with Crippen LogP contribution in [0.1, 0.15) is 17.0 Å². The number of fused-ring (bicyclic) bond motifs is 4. The van der Waals surface area contributed by atoms with Gasteiger partial charge in [0.2, 0.25) is 5.91 Å². The van der Waals surface area contributed by atoms with Crippen molar-refractivity contribution in [2.45, 2.75) is 19.0 Å². The van der Waals surface area contributed by atoms with E-state index in [2.05, 4.69) is 10.1 Å². The number of aromatic amines is 1. The van der Waals surface area contributed by atoms with Crippen LogP contribution in [0, 0.1) is 5.21 Å². The van der Waals surface area contributed by atoms with Gasteiger partial charge in [-0.05, 0) is 35.9 Å². The van der Waals surface area contributed by atoms with Crippen molar-refractivity contribution < 1.29 is 19.2 Å². The zero-order valence-electron chi connectivity index (χ0n) is 18.4. The van der Waals surface area contributed by atoms with Gasteiger partial charge in [0.15, 0.2) is 0 Å². The number of carbonyl (C=O) groups excluding carboxylic acids is 2. The first kappa shape index (κ1) is 21.1. The first-order chi connectivity index (χ1) is 17.0. The molecule has 0 spiro atoms. The molecule has 10 heteroatoms. The van der Waals surface area contributed by atoms with Gasteiger partial charge in [-0.3, -0.25) is 14.8 Å². The number of anilines is 1. The van der Waals surface area contributed by atoms with Crippen LogP contribution < -0.4 is 5.23 Å². The van der Waals surface area contributed by atoms with Gasteiger partial charge in [-0.15, -0.1) is 0 Å². The molecule has 2 amide bonds. The summed E-state index contributed by atoms with van der Waals surface area (Å²) in [4.78, 5) is 31.1. The molecule has 35 heavy (non-hydrogen) atoms. The first-order valence-corrected chi connectivity index (χ1v) is 11.1. The van der Waals surface area contributed by atoms with E-state index >= 15 is 0 Å². The summed E-state index contributed by atoms with van der Waals surface area (Å²) in [7, 11) is 0. The lowest BCUT2D eigenvalue weighted by Gasteiger charge is -2.40. The number of aromatic nitrogens is 1. The number of hydrazone groups is 1. The standard InChI is InChI=1S/C25H20N5O5/c31-24-14-29(26-12-17-8-9-23(35-17)15-4-3-5-16(10-15)30(33)34)25(32)22-11-19-18-6-1-2-7-20(18)27-21(19)13-28(22)24/h1-10,12,22,27,33H,11,13-14H2/q-1. The lowest BCUT2D eigenvalue weighted by Crippen LogP contribution is -2.60. The van der Waals surface area contributed by atoms with Gasteiger partial charge >= 0.3 is 0 Å². The summed E-state index contributed by atoms with van der Waals surface area (Å²) >= 11 is 0. The Kier molecular flexibility index (Phi) is 4.90. The van der Waals surface area contributed by atoms with Gasteiger partial charge in [-0.2, -0.15) is 5.10 Å². The zero-order valence-corrected chi connectivity index (χ0v) is 18.4. The molecule has 10 nitrogen and oxygen atoms in total. The number of hydrogen-bond acceptors (Lipinski definition) is 7. The molecule has 1 atom stereocenters. The predicted octanol–water partition coefficient (Wildman–Crippen LogP) is 3.25. The number of hydrogen-bond donors (Lipinski definition) is 2. The second-order valence-electron chi connectivity index (χ2n) is 8.53. The minimum atomic E-state index is -0.608. The molecular formula is C25H20N5O5-. The maximum Gasteiger partial charge on any atom is 0.266 e. The number of nitrogens with zero attached hydrogens (tertiary/aromatic N) is 4. The van der Waals surface area contributed by atoms with E-state index in [1.807, 2.05) is 24.3 Å². The molecule has 6 rings (SSSR count). The molecule has 4 heterocycles. The number of benzene rings is 2. The Morgan fingerprint density at radius 1 is 1.11 bits per heavy atom. The highest BCUT2D eigenvalue weighted by molar-refractivity contribution is 5.97. The molecule has 176 valence electrons. The fourth-order valence-electron chi connectivity index (χ4n) is 4.74. The number of carbonyl (C=O) groups is 2. The molecule has 2 aromatic carbocycles. The van der Waals surface area contributed by atoms with E-state index in [-0.39, 0.29) is 29.3 Å². The fraction of sp³-hybridized carbons (Fsp3) is 0.160. The van der Waals surface area contributed by atoms with Crippen molar-refractivity contribution in [3.8, 4) is 11.3 Å². The quantitative estimate of drug-likeness (QED) is 0.348. The van der Waals surface area contributed by atoms with Crippen LogP contribution in [-0.2, 0) is 22.6 Å². The van der Waals surface area contributed by atoms with Crippen LogP contribution in [0.5, 0.6) is 0 Å². The number of amides is 2. The second kappa shape index (κ2) is 8.12. The summed E-state index contributed by atoms with van der Waals surface area (Å²) in [5, 5.41) is 26.5. The van der Waals surface area contributed by atoms with Crippen LogP contribution in [0.15, 0.2) is 70.2 Å². The summed E-state index contributed by atoms with van der Waals surface area (Å²) in [6, 6.07) is 17.0. The van der Waals surface area contributed by atoms with Gasteiger partial charge in [0.05, 0.1) is 18.4 Å². The van der Waals surface area contributed by atoms with Crippen LogP contribution in [-0.4, -0.2) is 50.7 Å². The topological polar surface area (TPSA) is 128 Å². The lowest BCUT2D eigenvalue weighted by atomic mass is 9.94. The molecule has 0 bridgehead atoms. The molecule has 1 saturated heterocycles. The SMILES string of the molecule is O=C1C2Cc3c([nH]c4ccccc34)CN2C(=O)CN1N=Cc1ccc(-c2cccc(N([O-])O)c2)o1. The van der Waals surface area contributed by atoms with Crippen molar-refractivity contribution in [1.82, 2.24) is 14.9 Å². The average molecular weight is 470 g/mol. The van der Waals surface area contributed by atoms with E-state index in [0.717, 1.165) is 22.2 Å². The first-order valence-electron chi connectivity index (χ1n) is 11.1. The molecule has 0 aliphatic carbocycles. The molecule has 2 aliphatic heterocycles. The Hall–Kier alpha value is -4.41. The van der Waals surface area contributed by atoms with Crippen molar-refractivity contribution in [3.05, 3.63) is 82.9 Å². The van der Waals surface area contributed by atoms with Gasteiger partial charge in [0.1, 0.15) is 24.1 Å². The molecule has 4 aromatic rings. The highest BCUT2D eigenvalue weighted by atomic mass is 16.8. The molecule has 1 fully saturated rings. The smallest absolute Gasteiger partial charge is 0.266 e. The largest absolute Gasteiger partial charge is 0.733 e. The Labute approximate surface area is 199 Å². The molecule has 2 aromatic heterocycles. The summed E-state index contributed by atoms with van der Waals surface area (Å²) in [6.45, 7) is 0.221. The van der Waals surface area contributed by atoms with Crippen LogP contribution in [0.2, 0.25) is 0 Å². The number of nitrogens with one attached hydrogen (secondary N) is 1. The Morgan fingerprint density at radius 2 is 1.97 bits per heavy atom. The van der Waals surface area contributed by atoms with E-state index in [0.29, 0.717) is 30.0 Å². The maximum atomic E-state index is 13.2. The Bertz CT molecular complexity index is 1490. The number of furan rings is 1. The van der Waals surface area contributed by atoms with Crippen LogP contribution >= 0.6 is 0 Å². The van der Waals surface area contributed by atoms with Gasteiger partial charge in [0, 0.05) is 28.6 Å². The van der Waals surface area contributed by atoms with Gasteiger partial charge < -0.3 is 24.7 Å². The van der Waals surface area contributed by atoms with Crippen LogP contribution in [0.4, 0.5) is 5.69 Å². The highest BCUT2D eigenvalue weighted by Crippen LogP contribution is 2.32. The second-order valence-corrected chi connectivity index (χ2v) is 8.53. The average Bonchev–Trinajstić information content (AvgIpc) is 3.49. The van der Waals surface area contributed by atoms with Crippen molar-refractivity contribution in [3.63, 3.8) is 0 Å². The van der Waals surface area contributed by atoms with E-state index in [4.69, 9.17) is 9.62 Å². The number of para-hydroxylation sites is 1. The lowest BCUT2D eigenvalue weighted by molar-refractivity contribution is -0.157. The number of piperazine rings is 1. The highest BCUT2D eigenvalue weighted by Gasteiger charge is 2.43. The zero-order chi connectivity index (χ0) is 24.1. The predicted molar refractivity (Wildman–Crippen MR) is 127 cm³/mol. The monoisotopic (exact) mass is 470 g/mol. The van der Waals surface area contributed by atoms with E-state index in [1.165, 1.54) is 23.4 Å². The number of rotatable bonds is 4.